The van der Waals surface area contributed by atoms with Gasteiger partial charge in [0, 0.05) is 19.2 Å². The first-order valence-corrected chi connectivity index (χ1v) is 17.5. The lowest BCUT2D eigenvalue weighted by molar-refractivity contribution is -0.0564. The minimum absolute atomic E-state index is 0.299. The normalized spacial score (nSPS) is 38.8. The van der Waals surface area contributed by atoms with Crippen LogP contribution in [-0.4, -0.2) is 30.0 Å². The number of fused-ring (bicyclic) bond motifs is 5. The third kappa shape index (κ3) is 5.98. The Labute approximate surface area is 238 Å². The Morgan fingerprint density at radius 1 is 0.921 bits per heavy atom. The van der Waals surface area contributed by atoms with Crippen LogP contribution >= 0.6 is 8.53 Å². The SMILES string of the molecule is COP(O[C@H]1CC[C@@]2(C)C(=CC[C@H]3[C@@H]4CC[C@H]([C@H](C)CCCC(C)C)[C@@]4(C)CC[C@@H]32)C1)N(C(C)C)C(C)C. The monoisotopic (exact) mass is 547 g/mol. The summed E-state index contributed by atoms with van der Waals surface area (Å²) in [5, 5.41) is 0. The van der Waals surface area contributed by atoms with Crippen molar-refractivity contribution in [2.75, 3.05) is 7.11 Å². The zero-order valence-corrected chi connectivity index (χ0v) is 27.7. The van der Waals surface area contributed by atoms with E-state index in [-0.39, 0.29) is 0 Å². The molecule has 9 atom stereocenters. The maximum Gasteiger partial charge on any atom is 0.259 e. The zero-order valence-electron chi connectivity index (χ0n) is 26.8. The Hall–Kier alpha value is 0.0500. The minimum atomic E-state index is -1.01. The molecule has 0 aliphatic heterocycles. The Morgan fingerprint density at radius 3 is 2.26 bits per heavy atom. The average Bonchev–Trinajstić information content (AvgIpc) is 3.20. The van der Waals surface area contributed by atoms with Gasteiger partial charge >= 0.3 is 0 Å². The molecule has 4 heteroatoms. The van der Waals surface area contributed by atoms with Crippen molar-refractivity contribution < 1.29 is 9.05 Å². The highest BCUT2D eigenvalue weighted by Gasteiger charge is 2.59. The molecule has 0 saturated heterocycles. The molecule has 4 aliphatic carbocycles. The molecule has 0 aromatic rings. The van der Waals surface area contributed by atoms with E-state index >= 15 is 0 Å². The Morgan fingerprint density at radius 2 is 1.63 bits per heavy atom. The molecule has 4 aliphatic rings. The highest BCUT2D eigenvalue weighted by molar-refractivity contribution is 7.44. The van der Waals surface area contributed by atoms with Gasteiger partial charge in [-0.15, -0.1) is 0 Å². The number of hydrogen-bond acceptors (Lipinski definition) is 3. The van der Waals surface area contributed by atoms with E-state index in [9.17, 15) is 0 Å². The summed E-state index contributed by atoms with van der Waals surface area (Å²) >= 11 is 0. The third-order valence-corrected chi connectivity index (χ3v) is 14.0. The maximum absolute atomic E-state index is 6.76. The van der Waals surface area contributed by atoms with E-state index in [0.717, 1.165) is 41.9 Å². The summed E-state index contributed by atoms with van der Waals surface area (Å²) < 4.78 is 15.1. The lowest BCUT2D eigenvalue weighted by atomic mass is 9.47. The average molecular weight is 548 g/mol. The van der Waals surface area contributed by atoms with E-state index < -0.39 is 8.53 Å². The molecule has 1 unspecified atom stereocenters. The topological polar surface area (TPSA) is 21.7 Å². The van der Waals surface area contributed by atoms with Crippen molar-refractivity contribution in [3.05, 3.63) is 11.6 Å². The molecule has 0 radical (unpaired) electrons. The number of hydrogen-bond donors (Lipinski definition) is 0. The third-order valence-electron chi connectivity index (χ3n) is 11.9. The smallest absolute Gasteiger partial charge is 0.259 e. The molecule has 0 amide bonds. The molecule has 3 nitrogen and oxygen atoms in total. The lowest BCUT2D eigenvalue weighted by Crippen LogP contribution is -2.51. The molecule has 0 heterocycles. The molecule has 220 valence electrons. The van der Waals surface area contributed by atoms with Gasteiger partial charge in [0.15, 0.2) is 0 Å². The fraction of sp³-hybridized carbons (Fsp3) is 0.941. The second-order valence-corrected chi connectivity index (χ2v) is 16.8. The van der Waals surface area contributed by atoms with Crippen molar-refractivity contribution in [1.82, 2.24) is 4.67 Å². The van der Waals surface area contributed by atoms with Gasteiger partial charge < -0.3 is 9.05 Å². The summed E-state index contributed by atoms with van der Waals surface area (Å²) in [7, 11) is 0.825. The van der Waals surface area contributed by atoms with Crippen LogP contribution in [-0.2, 0) is 9.05 Å². The van der Waals surface area contributed by atoms with E-state index in [0.29, 0.717) is 29.0 Å². The predicted octanol–water partition coefficient (Wildman–Crippen LogP) is 10.4. The van der Waals surface area contributed by atoms with Gasteiger partial charge in [-0.05, 0) is 125 Å². The van der Waals surface area contributed by atoms with Gasteiger partial charge in [0.2, 0.25) is 0 Å². The van der Waals surface area contributed by atoms with Gasteiger partial charge in [0.05, 0.1) is 6.10 Å². The van der Waals surface area contributed by atoms with Crippen LogP contribution in [0.15, 0.2) is 11.6 Å². The molecule has 0 N–H and O–H groups in total. The number of allylic oxidation sites excluding steroid dienone is 1. The second-order valence-electron chi connectivity index (χ2n) is 15.2. The van der Waals surface area contributed by atoms with E-state index in [2.05, 4.69) is 73.1 Å². The van der Waals surface area contributed by atoms with Crippen LogP contribution < -0.4 is 0 Å². The Kier molecular flexibility index (Phi) is 10.2. The number of nitrogens with zero attached hydrogens (tertiary/aromatic N) is 1. The first-order valence-electron chi connectivity index (χ1n) is 16.4. The second kappa shape index (κ2) is 12.5. The molecule has 3 saturated carbocycles. The summed E-state index contributed by atoms with van der Waals surface area (Å²) in [6.07, 6.45) is 18.1. The molecule has 0 aromatic carbocycles. The van der Waals surface area contributed by atoms with Crippen LogP contribution in [0.4, 0.5) is 0 Å². The predicted molar refractivity (Wildman–Crippen MR) is 164 cm³/mol. The van der Waals surface area contributed by atoms with Crippen molar-refractivity contribution in [3.63, 3.8) is 0 Å². The molecule has 0 aromatic heterocycles. The lowest BCUT2D eigenvalue weighted by Gasteiger charge is -2.58. The fourth-order valence-electron chi connectivity index (χ4n) is 10.0. The van der Waals surface area contributed by atoms with Gasteiger partial charge in [-0.1, -0.05) is 65.5 Å². The van der Waals surface area contributed by atoms with Gasteiger partial charge in [-0.3, -0.25) is 0 Å². The van der Waals surface area contributed by atoms with Crippen molar-refractivity contribution in [2.45, 2.75) is 151 Å². The summed E-state index contributed by atoms with van der Waals surface area (Å²) in [5.41, 5.74) is 2.68. The van der Waals surface area contributed by atoms with Crippen LogP contribution in [0.1, 0.15) is 133 Å². The quantitative estimate of drug-likeness (QED) is 0.190. The van der Waals surface area contributed by atoms with Crippen molar-refractivity contribution in [1.29, 1.82) is 0 Å². The van der Waals surface area contributed by atoms with Gasteiger partial charge in [-0.2, -0.15) is 0 Å². The molecule has 38 heavy (non-hydrogen) atoms. The van der Waals surface area contributed by atoms with Crippen LogP contribution in [0.3, 0.4) is 0 Å². The minimum Gasteiger partial charge on any atom is -0.325 e. The van der Waals surface area contributed by atoms with Crippen LogP contribution in [0, 0.1) is 46.3 Å². The first-order chi connectivity index (χ1) is 17.9. The standard InChI is InChI=1S/C34H62NO2P/c1-23(2)12-11-13-26(7)30-16-17-31-29-15-14-27-22-28(37-38(36-10)35(24(3)4)25(5)6)18-20-33(27,8)32(29)19-21-34(30,31)9/h14,23-26,28-32H,11-13,15-22H2,1-10H3/t26-,28+,29+,30-,31+,32+,33+,34-,38?/m1/s1. The zero-order chi connectivity index (χ0) is 27.8. The molecule has 0 spiro atoms. The van der Waals surface area contributed by atoms with Gasteiger partial charge in [0.1, 0.15) is 0 Å². The van der Waals surface area contributed by atoms with Gasteiger partial charge in [0.25, 0.3) is 8.53 Å². The molecular formula is C34H62NO2P. The van der Waals surface area contributed by atoms with Crippen molar-refractivity contribution >= 4 is 8.53 Å². The van der Waals surface area contributed by atoms with Crippen LogP contribution in [0.2, 0.25) is 0 Å². The summed E-state index contributed by atoms with van der Waals surface area (Å²) in [5.74, 6) is 5.41. The first kappa shape index (κ1) is 31.0. The van der Waals surface area contributed by atoms with Crippen molar-refractivity contribution in [3.8, 4) is 0 Å². The van der Waals surface area contributed by atoms with E-state index in [1.165, 1.54) is 64.2 Å². The molecule has 4 rings (SSSR count). The van der Waals surface area contributed by atoms with Crippen LogP contribution in [0.5, 0.6) is 0 Å². The van der Waals surface area contributed by atoms with E-state index in [1.807, 2.05) is 7.11 Å². The van der Waals surface area contributed by atoms with Gasteiger partial charge in [-0.25, -0.2) is 4.67 Å². The summed E-state index contributed by atoms with van der Waals surface area (Å²) in [6, 6.07) is 0.851. The largest absolute Gasteiger partial charge is 0.325 e. The van der Waals surface area contributed by atoms with Crippen molar-refractivity contribution in [2.24, 2.45) is 46.3 Å². The highest BCUT2D eigenvalue weighted by Crippen LogP contribution is 2.67. The molecule has 0 bridgehead atoms. The molecule has 3 fully saturated rings. The van der Waals surface area contributed by atoms with Crippen LogP contribution in [0.25, 0.3) is 0 Å². The Bertz CT molecular complexity index is 802. The maximum atomic E-state index is 6.76. The summed E-state index contributed by atoms with van der Waals surface area (Å²) in [4.78, 5) is 0. The fourth-order valence-corrected chi connectivity index (χ4v) is 11.6. The van der Waals surface area contributed by atoms with E-state index in [1.54, 1.807) is 5.57 Å². The summed E-state index contributed by atoms with van der Waals surface area (Å²) in [6.45, 7) is 21.8. The molecular weight excluding hydrogens is 485 g/mol. The Balaban J connectivity index is 1.43. The number of rotatable bonds is 11. The highest BCUT2D eigenvalue weighted by atomic mass is 31.2. The van der Waals surface area contributed by atoms with E-state index in [4.69, 9.17) is 9.05 Å².